The van der Waals surface area contributed by atoms with Crippen molar-refractivity contribution in [1.82, 2.24) is 0 Å². The van der Waals surface area contributed by atoms with E-state index in [1.165, 1.54) is 13.8 Å². The number of hydrogen-bond acceptors (Lipinski definition) is 6. The van der Waals surface area contributed by atoms with Crippen LogP contribution in [0.15, 0.2) is 88.1 Å². The second-order valence-electron chi connectivity index (χ2n) is 6.55. The fourth-order valence-corrected chi connectivity index (χ4v) is 2.55. The van der Waals surface area contributed by atoms with Gasteiger partial charge in [0.15, 0.2) is 0 Å². The molecule has 3 rings (SSSR count). The first kappa shape index (κ1) is 21.3. The van der Waals surface area contributed by atoms with Crippen molar-refractivity contribution in [1.29, 1.82) is 0 Å². The van der Waals surface area contributed by atoms with Gasteiger partial charge in [-0.25, -0.2) is 0 Å². The van der Waals surface area contributed by atoms with Crippen LogP contribution in [0.5, 0.6) is 0 Å². The zero-order chi connectivity index (χ0) is 22.2. The van der Waals surface area contributed by atoms with Crippen LogP contribution in [0.2, 0.25) is 0 Å². The average Bonchev–Trinajstić information content (AvgIpc) is 2.74. The minimum atomic E-state index is -0.172. The van der Waals surface area contributed by atoms with Crippen LogP contribution in [0.1, 0.15) is 13.8 Å². The van der Waals surface area contributed by atoms with E-state index in [1.807, 2.05) is 0 Å². The molecule has 0 spiro atoms. The molecule has 0 heterocycles. The van der Waals surface area contributed by atoms with Gasteiger partial charge in [-0.3, -0.25) is 9.59 Å². The molecule has 0 saturated carbocycles. The molecule has 0 saturated heterocycles. The molecule has 9 heteroatoms. The monoisotopic (exact) mass is 416 g/mol. The Kier molecular flexibility index (Phi) is 6.79. The summed E-state index contributed by atoms with van der Waals surface area (Å²) in [5.41, 5.74) is 3.30. The van der Waals surface area contributed by atoms with E-state index < -0.39 is 0 Å². The van der Waals surface area contributed by atoms with E-state index in [1.54, 1.807) is 72.8 Å². The zero-order valence-electron chi connectivity index (χ0n) is 16.9. The van der Waals surface area contributed by atoms with Gasteiger partial charge in [-0.15, -0.1) is 0 Å². The maximum absolute atomic E-state index is 12.3. The number of rotatable bonds is 6. The normalized spacial score (nSPS) is 11.4. The molecule has 0 radical (unpaired) electrons. The third kappa shape index (κ3) is 6.57. The fourth-order valence-electron chi connectivity index (χ4n) is 2.55. The summed E-state index contributed by atoms with van der Waals surface area (Å²) in [6, 6.07) is 20.0. The molecule has 3 aromatic carbocycles. The molecule has 0 unspecified atom stereocenters. The molecular weight excluding hydrogens is 396 g/mol. The number of hydrogen-bond donors (Lipinski definition) is 2. The summed E-state index contributed by atoms with van der Waals surface area (Å²) in [5, 5.41) is 29.9. The van der Waals surface area contributed by atoms with E-state index in [-0.39, 0.29) is 11.8 Å². The zero-order valence-corrected chi connectivity index (χ0v) is 16.9. The highest BCUT2D eigenvalue weighted by Gasteiger charge is 2.05. The van der Waals surface area contributed by atoms with Gasteiger partial charge in [0.25, 0.3) is 0 Å². The summed E-state index contributed by atoms with van der Waals surface area (Å²) < 4.78 is 0. The van der Waals surface area contributed by atoms with Gasteiger partial charge in [-0.1, -0.05) is 4.86 Å². The van der Waals surface area contributed by atoms with Crippen LogP contribution in [0.4, 0.5) is 34.1 Å². The van der Waals surface area contributed by atoms with Gasteiger partial charge in [-0.2, -0.15) is 10.2 Å². The van der Waals surface area contributed by atoms with E-state index in [0.29, 0.717) is 39.0 Å². The molecule has 0 aliphatic carbocycles. The van der Waals surface area contributed by atoms with Crippen LogP contribution in [0.3, 0.4) is 0 Å². The molecular formula is C22H20N6O3. The van der Waals surface area contributed by atoms with Gasteiger partial charge in [0.05, 0.1) is 11.4 Å². The molecule has 31 heavy (non-hydrogen) atoms. The molecule has 3 aromatic rings. The summed E-state index contributed by atoms with van der Waals surface area (Å²) in [6.45, 7) is 2.86. The SMILES string of the molecule is CC(=O)Nc1ccc(N=Nc2ccc([N+]([O-])=Nc3ccc(NC(C)=O)cc3)cc2)cc1. The van der Waals surface area contributed by atoms with Crippen molar-refractivity contribution in [3.8, 4) is 0 Å². The second kappa shape index (κ2) is 9.88. The first-order valence-electron chi connectivity index (χ1n) is 9.35. The van der Waals surface area contributed by atoms with Crippen molar-refractivity contribution in [3.63, 3.8) is 0 Å². The number of azo groups is 2. The lowest BCUT2D eigenvalue weighted by Crippen LogP contribution is -2.05. The van der Waals surface area contributed by atoms with E-state index >= 15 is 0 Å². The summed E-state index contributed by atoms with van der Waals surface area (Å²) in [5.74, 6) is -0.315. The molecule has 0 aliphatic rings. The Morgan fingerprint density at radius 1 is 0.677 bits per heavy atom. The number of nitrogens with one attached hydrogen (secondary N) is 2. The molecule has 0 aliphatic heterocycles. The number of carbonyl (C=O) groups is 2. The van der Waals surface area contributed by atoms with Gasteiger partial charge < -0.3 is 15.8 Å². The minimum Gasteiger partial charge on any atom is -0.594 e. The quantitative estimate of drug-likeness (QED) is 0.293. The summed E-state index contributed by atoms with van der Waals surface area (Å²) in [6.07, 6.45) is 0. The van der Waals surface area contributed by atoms with E-state index in [9.17, 15) is 14.8 Å². The van der Waals surface area contributed by atoms with E-state index in [2.05, 4.69) is 26.0 Å². The molecule has 2 amide bonds. The topological polar surface area (TPSA) is 121 Å². The van der Waals surface area contributed by atoms with Gasteiger partial charge in [-0.05, 0) is 60.7 Å². The summed E-state index contributed by atoms with van der Waals surface area (Å²) in [7, 11) is 0. The summed E-state index contributed by atoms with van der Waals surface area (Å²) in [4.78, 5) is 22.6. The molecule has 0 bridgehead atoms. The Balaban J connectivity index is 1.65. The van der Waals surface area contributed by atoms with Gasteiger partial charge in [0.2, 0.25) is 17.5 Å². The molecule has 0 atom stereocenters. The number of carbonyl (C=O) groups excluding carboxylic acids is 2. The van der Waals surface area contributed by atoms with Crippen molar-refractivity contribution < 1.29 is 14.4 Å². The first-order valence-corrected chi connectivity index (χ1v) is 9.35. The third-order valence-corrected chi connectivity index (χ3v) is 3.93. The second-order valence-corrected chi connectivity index (χ2v) is 6.55. The highest BCUT2D eigenvalue weighted by atomic mass is 16.5. The number of nitrogens with zero attached hydrogens (tertiary/aromatic N) is 4. The molecule has 9 nitrogen and oxygen atoms in total. The van der Waals surface area contributed by atoms with Crippen LogP contribution < -0.4 is 10.6 Å². The van der Waals surface area contributed by atoms with Crippen LogP contribution in [-0.2, 0) is 9.59 Å². The van der Waals surface area contributed by atoms with Crippen molar-refractivity contribution >= 4 is 45.9 Å². The molecule has 156 valence electrons. The largest absolute Gasteiger partial charge is 0.594 e. The lowest BCUT2D eigenvalue weighted by atomic mass is 10.3. The maximum atomic E-state index is 12.3. The Labute approximate surface area is 178 Å². The van der Waals surface area contributed by atoms with Crippen molar-refractivity contribution in [2.24, 2.45) is 15.3 Å². The van der Waals surface area contributed by atoms with Crippen LogP contribution in [0.25, 0.3) is 0 Å². The Hall–Kier alpha value is -4.40. The fraction of sp³-hybridized carbons (Fsp3) is 0.0909. The maximum Gasteiger partial charge on any atom is 0.245 e. The minimum absolute atomic E-state index is 0.143. The van der Waals surface area contributed by atoms with E-state index in [0.717, 1.165) is 0 Å². The molecule has 0 fully saturated rings. The average molecular weight is 416 g/mol. The predicted molar refractivity (Wildman–Crippen MR) is 117 cm³/mol. The smallest absolute Gasteiger partial charge is 0.245 e. The third-order valence-electron chi connectivity index (χ3n) is 3.93. The lowest BCUT2D eigenvalue weighted by molar-refractivity contribution is -0.435. The Morgan fingerprint density at radius 3 is 1.48 bits per heavy atom. The van der Waals surface area contributed by atoms with Crippen LogP contribution >= 0.6 is 0 Å². The first-order chi connectivity index (χ1) is 14.9. The summed E-state index contributed by atoms with van der Waals surface area (Å²) >= 11 is 0. The van der Waals surface area contributed by atoms with Gasteiger partial charge >= 0.3 is 0 Å². The number of anilines is 2. The number of amides is 2. The van der Waals surface area contributed by atoms with Crippen LogP contribution in [0, 0.1) is 5.21 Å². The van der Waals surface area contributed by atoms with Crippen molar-refractivity contribution in [2.75, 3.05) is 10.6 Å². The van der Waals surface area contributed by atoms with E-state index in [4.69, 9.17) is 0 Å². The predicted octanol–water partition coefficient (Wildman–Crippen LogP) is 5.94. The highest BCUT2D eigenvalue weighted by Crippen LogP contribution is 2.24. The number of benzene rings is 3. The Bertz CT molecular complexity index is 1120. The lowest BCUT2D eigenvalue weighted by Gasteiger charge is -2.02. The van der Waals surface area contributed by atoms with Gasteiger partial charge in [0.1, 0.15) is 5.69 Å². The van der Waals surface area contributed by atoms with Gasteiger partial charge in [0, 0.05) is 42.5 Å². The molecule has 0 aromatic heterocycles. The highest BCUT2D eigenvalue weighted by molar-refractivity contribution is 5.89. The standard InChI is InChI=1S/C22H20N6O3/c1-15(29)23-17-3-7-19(8-4-17)25-26-20-11-13-22(14-12-20)28(31)27-21-9-5-18(6-10-21)24-16(2)30/h3-14H,1-2H3,(H,23,29)(H,24,30). The van der Waals surface area contributed by atoms with Crippen LogP contribution in [-0.4, -0.2) is 16.7 Å². The van der Waals surface area contributed by atoms with Crippen molar-refractivity contribution in [2.45, 2.75) is 13.8 Å². The molecule has 2 N–H and O–H groups in total. The Morgan fingerprint density at radius 2 is 1.06 bits per heavy atom. The van der Waals surface area contributed by atoms with Crippen molar-refractivity contribution in [3.05, 3.63) is 78.0 Å².